The van der Waals surface area contributed by atoms with Gasteiger partial charge in [0.2, 0.25) is 21.2 Å². The number of ether oxygens (including phenoxy) is 2. The molecule has 0 bridgehead atoms. The van der Waals surface area contributed by atoms with E-state index in [0.717, 1.165) is 11.1 Å². The fourth-order valence-corrected chi connectivity index (χ4v) is 6.72. The van der Waals surface area contributed by atoms with E-state index in [2.05, 4.69) is 0 Å². The molecule has 0 radical (unpaired) electrons. The lowest BCUT2D eigenvalue weighted by Gasteiger charge is -2.20. The van der Waals surface area contributed by atoms with Gasteiger partial charge in [-0.3, -0.25) is 9.10 Å². The highest BCUT2D eigenvalue weighted by atomic mass is 35.5. The summed E-state index contributed by atoms with van der Waals surface area (Å²) >= 11 is 6.63. The van der Waals surface area contributed by atoms with E-state index in [1.807, 2.05) is 60.7 Å². The van der Waals surface area contributed by atoms with Gasteiger partial charge in [0.15, 0.2) is 11.3 Å². The van der Waals surface area contributed by atoms with Crippen molar-refractivity contribution >= 4 is 44.0 Å². The Labute approximate surface area is 247 Å². The van der Waals surface area contributed by atoms with Crippen LogP contribution in [0.4, 0.5) is 11.4 Å². The molecule has 2 N–H and O–H groups in total. The lowest BCUT2D eigenvalue weighted by atomic mass is 10.1. The molecule has 1 saturated heterocycles. The summed E-state index contributed by atoms with van der Waals surface area (Å²) in [5, 5.41) is 0.424. The molecule has 0 amide bonds. The van der Waals surface area contributed by atoms with Crippen molar-refractivity contribution in [2.45, 2.75) is 19.6 Å². The second kappa shape index (κ2) is 11.4. The molecule has 10 heteroatoms. The van der Waals surface area contributed by atoms with Gasteiger partial charge in [-0.05, 0) is 47.9 Å². The van der Waals surface area contributed by atoms with E-state index < -0.39 is 15.5 Å². The molecule has 1 aromatic heterocycles. The highest BCUT2D eigenvalue weighted by Gasteiger charge is 2.32. The first-order valence-electron chi connectivity index (χ1n) is 13.3. The van der Waals surface area contributed by atoms with Gasteiger partial charge < -0.3 is 19.6 Å². The number of benzene rings is 4. The van der Waals surface area contributed by atoms with Crippen LogP contribution < -0.4 is 24.9 Å². The van der Waals surface area contributed by atoms with Crippen LogP contribution in [0.15, 0.2) is 100 Å². The number of fused-ring (bicyclic) bond motifs is 1. The molecule has 0 unspecified atom stereocenters. The Hall–Kier alpha value is -4.47. The molecule has 0 saturated carbocycles. The van der Waals surface area contributed by atoms with Crippen molar-refractivity contribution < 1.29 is 22.3 Å². The average molecular weight is 603 g/mol. The minimum Gasteiger partial charge on any atom is -0.487 e. The van der Waals surface area contributed by atoms with Crippen LogP contribution >= 0.6 is 11.6 Å². The molecule has 214 valence electrons. The molecule has 0 atom stereocenters. The third-order valence-corrected chi connectivity index (χ3v) is 9.13. The zero-order valence-corrected chi connectivity index (χ0v) is 24.0. The van der Waals surface area contributed by atoms with Crippen LogP contribution in [-0.4, -0.2) is 20.7 Å². The van der Waals surface area contributed by atoms with Gasteiger partial charge in [0, 0.05) is 17.8 Å². The summed E-state index contributed by atoms with van der Waals surface area (Å²) in [5.74, 6) is 0.526. The maximum absolute atomic E-state index is 14.0. The minimum atomic E-state index is -3.59. The Morgan fingerprint density at radius 1 is 0.881 bits per heavy atom. The standard InChI is InChI=1S/C32H27ClN2O6S/c33-26-16-23(12-13-28(26)39-19-21-8-3-1-4-9-21)30-32(40-20-22-10-5-2-6-11-22)29(36)25-17-24(34)18-27(31(25)41-30)35-14-7-15-42(35,37)38/h1-6,8-13,16-18H,7,14-15,19-20,34H2. The van der Waals surface area contributed by atoms with Crippen LogP contribution in [0.3, 0.4) is 0 Å². The molecular formula is C32H27ClN2O6S. The predicted octanol–water partition coefficient (Wildman–Crippen LogP) is 6.39. The van der Waals surface area contributed by atoms with Crippen molar-refractivity contribution in [3.8, 4) is 22.8 Å². The zero-order valence-electron chi connectivity index (χ0n) is 22.5. The Kier molecular flexibility index (Phi) is 7.53. The normalized spacial score (nSPS) is 14.3. The number of hydrogen-bond acceptors (Lipinski definition) is 7. The van der Waals surface area contributed by atoms with Gasteiger partial charge in [0.25, 0.3) is 0 Å². The quantitative estimate of drug-likeness (QED) is 0.205. The number of sulfonamides is 1. The number of hydrogen-bond donors (Lipinski definition) is 1. The van der Waals surface area contributed by atoms with Crippen LogP contribution in [0.2, 0.25) is 5.02 Å². The van der Waals surface area contributed by atoms with Crippen LogP contribution in [-0.2, 0) is 23.2 Å². The molecule has 1 fully saturated rings. The summed E-state index contributed by atoms with van der Waals surface area (Å²) in [5.41, 5.74) is 8.51. The van der Waals surface area contributed by atoms with E-state index in [0.29, 0.717) is 29.4 Å². The average Bonchev–Trinajstić information content (AvgIpc) is 3.35. The van der Waals surface area contributed by atoms with Crippen molar-refractivity contribution in [1.29, 1.82) is 0 Å². The Morgan fingerprint density at radius 3 is 2.17 bits per heavy atom. The summed E-state index contributed by atoms with van der Waals surface area (Å²) in [6.07, 6.45) is 0.452. The van der Waals surface area contributed by atoms with Gasteiger partial charge >= 0.3 is 0 Å². The van der Waals surface area contributed by atoms with Crippen LogP contribution in [0.1, 0.15) is 17.5 Å². The second-order valence-corrected chi connectivity index (χ2v) is 12.4. The number of anilines is 2. The smallest absolute Gasteiger partial charge is 0.235 e. The molecule has 42 heavy (non-hydrogen) atoms. The molecule has 5 aromatic rings. The van der Waals surface area contributed by atoms with Crippen molar-refractivity contribution in [1.82, 2.24) is 0 Å². The molecule has 1 aliphatic heterocycles. The lowest BCUT2D eigenvalue weighted by Crippen LogP contribution is -2.26. The van der Waals surface area contributed by atoms with Crippen molar-refractivity contribution in [3.05, 3.63) is 117 Å². The van der Waals surface area contributed by atoms with E-state index in [1.165, 1.54) is 16.4 Å². The summed E-state index contributed by atoms with van der Waals surface area (Å²) in [6, 6.07) is 27.1. The van der Waals surface area contributed by atoms with E-state index in [1.54, 1.807) is 18.2 Å². The van der Waals surface area contributed by atoms with E-state index >= 15 is 0 Å². The first kappa shape index (κ1) is 27.7. The van der Waals surface area contributed by atoms with Crippen LogP contribution in [0.25, 0.3) is 22.3 Å². The molecule has 0 aliphatic carbocycles. The Morgan fingerprint density at radius 2 is 1.55 bits per heavy atom. The molecule has 8 nitrogen and oxygen atoms in total. The number of halogens is 1. The van der Waals surface area contributed by atoms with E-state index in [9.17, 15) is 13.2 Å². The lowest BCUT2D eigenvalue weighted by molar-refractivity contribution is 0.297. The zero-order chi connectivity index (χ0) is 29.3. The van der Waals surface area contributed by atoms with Gasteiger partial charge in [-0.1, -0.05) is 72.3 Å². The number of rotatable bonds is 8. The maximum Gasteiger partial charge on any atom is 0.235 e. The van der Waals surface area contributed by atoms with Crippen molar-refractivity contribution in [3.63, 3.8) is 0 Å². The van der Waals surface area contributed by atoms with Crippen molar-refractivity contribution in [2.75, 3.05) is 22.3 Å². The third-order valence-electron chi connectivity index (χ3n) is 6.98. The van der Waals surface area contributed by atoms with Gasteiger partial charge in [-0.25, -0.2) is 8.42 Å². The Balaban J connectivity index is 1.47. The topological polar surface area (TPSA) is 112 Å². The molecule has 1 aliphatic rings. The highest BCUT2D eigenvalue weighted by Crippen LogP contribution is 2.40. The van der Waals surface area contributed by atoms with E-state index in [-0.39, 0.29) is 52.8 Å². The number of nitrogen functional groups attached to an aromatic ring is 1. The SMILES string of the molecule is Nc1cc(N2CCCS2(=O)=O)c2oc(-c3ccc(OCc4ccccc4)c(Cl)c3)c(OCc3ccccc3)c(=O)c2c1. The molecule has 2 heterocycles. The first-order chi connectivity index (χ1) is 20.3. The first-order valence-corrected chi connectivity index (χ1v) is 15.3. The molecule has 0 spiro atoms. The second-order valence-electron chi connectivity index (χ2n) is 9.94. The van der Waals surface area contributed by atoms with Crippen LogP contribution in [0.5, 0.6) is 11.5 Å². The predicted molar refractivity (Wildman–Crippen MR) is 165 cm³/mol. The highest BCUT2D eigenvalue weighted by molar-refractivity contribution is 7.93. The number of nitrogens with zero attached hydrogens (tertiary/aromatic N) is 1. The van der Waals surface area contributed by atoms with Gasteiger partial charge in [0.1, 0.15) is 19.0 Å². The van der Waals surface area contributed by atoms with Gasteiger partial charge in [-0.15, -0.1) is 0 Å². The monoisotopic (exact) mass is 602 g/mol. The summed E-state index contributed by atoms with van der Waals surface area (Å²) in [4.78, 5) is 14.0. The summed E-state index contributed by atoms with van der Waals surface area (Å²) in [6.45, 7) is 0.683. The van der Waals surface area contributed by atoms with Gasteiger partial charge in [-0.2, -0.15) is 0 Å². The molecular weight excluding hydrogens is 576 g/mol. The minimum absolute atomic E-state index is 0.00129. The largest absolute Gasteiger partial charge is 0.487 e. The van der Waals surface area contributed by atoms with E-state index in [4.69, 9.17) is 31.2 Å². The maximum atomic E-state index is 14.0. The summed E-state index contributed by atoms with van der Waals surface area (Å²) in [7, 11) is -3.59. The Bertz CT molecular complexity index is 1930. The fraction of sp³-hybridized carbons (Fsp3) is 0.156. The van der Waals surface area contributed by atoms with Crippen LogP contribution in [0, 0.1) is 0 Å². The third kappa shape index (κ3) is 5.53. The summed E-state index contributed by atoms with van der Waals surface area (Å²) < 4.78 is 45.3. The molecule has 6 rings (SSSR count). The number of nitrogens with two attached hydrogens (primary N) is 1. The molecule has 4 aromatic carbocycles. The van der Waals surface area contributed by atoms with Crippen molar-refractivity contribution in [2.24, 2.45) is 0 Å². The van der Waals surface area contributed by atoms with Gasteiger partial charge in [0.05, 0.1) is 21.8 Å². The fourth-order valence-electron chi connectivity index (χ4n) is 4.93.